The second-order valence-corrected chi connectivity index (χ2v) is 6.78. The number of rotatable bonds is 4. The van der Waals surface area contributed by atoms with Crippen molar-refractivity contribution < 1.29 is 9.21 Å². The lowest BCUT2D eigenvalue weighted by molar-refractivity contribution is 0.0997. The Hall–Kier alpha value is -2.33. The van der Waals surface area contributed by atoms with Gasteiger partial charge in [0, 0.05) is 15.7 Å². The van der Waals surface area contributed by atoms with Crippen LogP contribution >= 0.6 is 15.9 Å². The van der Waals surface area contributed by atoms with E-state index >= 15 is 0 Å². The van der Waals surface area contributed by atoms with Gasteiger partial charge < -0.3 is 9.73 Å². The molecule has 0 spiro atoms. The van der Waals surface area contributed by atoms with Gasteiger partial charge in [-0.05, 0) is 41.8 Å². The van der Waals surface area contributed by atoms with Crippen molar-refractivity contribution in [2.75, 3.05) is 5.32 Å². The van der Waals surface area contributed by atoms with Gasteiger partial charge in [0.2, 0.25) is 0 Å². The van der Waals surface area contributed by atoms with Crippen LogP contribution in [0.5, 0.6) is 0 Å². The largest absolute Gasteiger partial charge is 0.451 e. The van der Waals surface area contributed by atoms with Crippen molar-refractivity contribution >= 4 is 27.5 Å². The Labute approximate surface area is 149 Å². The van der Waals surface area contributed by atoms with E-state index in [0.29, 0.717) is 17.4 Å². The van der Waals surface area contributed by atoms with E-state index in [1.807, 2.05) is 54.6 Å². The maximum absolute atomic E-state index is 12.5. The Bertz CT molecular complexity index is 850. The molecule has 3 aromatic rings. The first-order valence-electron chi connectivity index (χ1n) is 7.80. The molecule has 0 radical (unpaired) electrons. The Morgan fingerprint density at radius 2 is 1.71 bits per heavy atom. The zero-order valence-corrected chi connectivity index (χ0v) is 15.1. The molecule has 0 saturated carbocycles. The number of furan rings is 1. The molecular weight excluding hydrogens is 366 g/mol. The third kappa shape index (κ3) is 3.60. The minimum Gasteiger partial charge on any atom is -0.451 e. The van der Waals surface area contributed by atoms with Gasteiger partial charge in [-0.1, -0.05) is 60.1 Å². The van der Waals surface area contributed by atoms with Crippen molar-refractivity contribution in [3.63, 3.8) is 0 Å². The highest BCUT2D eigenvalue weighted by Gasteiger charge is 2.15. The first-order valence-corrected chi connectivity index (χ1v) is 8.60. The van der Waals surface area contributed by atoms with Gasteiger partial charge in [-0.2, -0.15) is 0 Å². The summed E-state index contributed by atoms with van der Waals surface area (Å²) in [4.78, 5) is 12.5. The van der Waals surface area contributed by atoms with Crippen LogP contribution in [0.2, 0.25) is 0 Å². The molecule has 0 atom stereocenters. The number of halogens is 1. The molecule has 3 nitrogen and oxygen atoms in total. The fourth-order valence-corrected chi connectivity index (χ4v) is 2.79. The average molecular weight is 384 g/mol. The highest BCUT2D eigenvalue weighted by molar-refractivity contribution is 9.10. The van der Waals surface area contributed by atoms with Crippen molar-refractivity contribution in [3.8, 4) is 11.3 Å². The van der Waals surface area contributed by atoms with Crippen molar-refractivity contribution in [2.24, 2.45) is 0 Å². The van der Waals surface area contributed by atoms with Gasteiger partial charge >= 0.3 is 0 Å². The molecule has 0 aliphatic rings. The number of carbonyl (C=O) groups excluding carboxylic acids is 1. The first kappa shape index (κ1) is 16.5. The molecule has 24 heavy (non-hydrogen) atoms. The van der Waals surface area contributed by atoms with Crippen molar-refractivity contribution in [1.82, 2.24) is 0 Å². The highest BCUT2D eigenvalue weighted by Crippen LogP contribution is 2.26. The number of hydrogen-bond donors (Lipinski definition) is 1. The zero-order chi connectivity index (χ0) is 17.1. The molecule has 3 rings (SSSR count). The quantitative estimate of drug-likeness (QED) is 0.592. The molecular formula is C20H18BrNO2. The first-order chi connectivity index (χ1) is 11.5. The van der Waals surface area contributed by atoms with E-state index in [9.17, 15) is 4.79 Å². The number of hydrogen-bond acceptors (Lipinski definition) is 2. The minimum atomic E-state index is -0.244. The molecule has 0 saturated heterocycles. The summed E-state index contributed by atoms with van der Waals surface area (Å²) in [6.45, 7) is 4.20. The van der Waals surface area contributed by atoms with Crippen LogP contribution in [0.4, 0.5) is 5.69 Å². The summed E-state index contributed by atoms with van der Waals surface area (Å²) in [5, 5.41) is 2.94. The van der Waals surface area contributed by atoms with E-state index in [-0.39, 0.29) is 5.91 Å². The molecule has 0 fully saturated rings. The van der Waals surface area contributed by atoms with Gasteiger partial charge in [-0.25, -0.2) is 0 Å². The predicted octanol–water partition coefficient (Wildman–Crippen LogP) is 6.08. The number of nitrogens with one attached hydrogen (secondary N) is 1. The maximum Gasteiger partial charge on any atom is 0.291 e. The van der Waals surface area contributed by atoms with Crippen LogP contribution < -0.4 is 5.32 Å². The van der Waals surface area contributed by atoms with Crippen LogP contribution in [-0.4, -0.2) is 5.91 Å². The molecule has 0 bridgehead atoms. The van der Waals surface area contributed by atoms with Crippen LogP contribution in [0.25, 0.3) is 11.3 Å². The fraction of sp³-hybridized carbons (Fsp3) is 0.150. The van der Waals surface area contributed by atoms with E-state index < -0.39 is 0 Å². The lowest BCUT2D eigenvalue weighted by Gasteiger charge is -2.12. The van der Waals surface area contributed by atoms with Crippen LogP contribution in [0.3, 0.4) is 0 Å². The minimum absolute atomic E-state index is 0.244. The summed E-state index contributed by atoms with van der Waals surface area (Å²) in [6.07, 6.45) is 0. The SMILES string of the molecule is CC(C)c1ccccc1NC(=O)c1ccc(-c2ccc(Br)cc2)o1. The Morgan fingerprint density at radius 3 is 2.42 bits per heavy atom. The van der Waals surface area contributed by atoms with Crippen molar-refractivity contribution in [3.05, 3.63) is 76.5 Å². The standard InChI is InChI=1S/C20H18BrNO2/c1-13(2)16-5-3-4-6-17(16)22-20(23)19-12-11-18(24-19)14-7-9-15(21)10-8-14/h3-13H,1-2H3,(H,22,23). The fourth-order valence-electron chi connectivity index (χ4n) is 2.53. The third-order valence-electron chi connectivity index (χ3n) is 3.79. The second-order valence-electron chi connectivity index (χ2n) is 5.87. The van der Waals surface area contributed by atoms with Gasteiger partial charge in [0.25, 0.3) is 5.91 Å². The van der Waals surface area contributed by atoms with E-state index in [1.54, 1.807) is 6.07 Å². The summed E-state index contributed by atoms with van der Waals surface area (Å²) in [5.74, 6) is 1.05. The number of amides is 1. The van der Waals surface area contributed by atoms with Gasteiger partial charge in [0.05, 0.1) is 0 Å². The molecule has 2 aromatic carbocycles. The van der Waals surface area contributed by atoms with E-state index in [1.165, 1.54) is 0 Å². The highest BCUT2D eigenvalue weighted by atomic mass is 79.9. The van der Waals surface area contributed by atoms with E-state index in [2.05, 4.69) is 35.1 Å². The third-order valence-corrected chi connectivity index (χ3v) is 4.32. The van der Waals surface area contributed by atoms with Crippen LogP contribution in [0, 0.1) is 0 Å². The van der Waals surface area contributed by atoms with Gasteiger partial charge in [0.1, 0.15) is 5.76 Å². The molecule has 1 heterocycles. The van der Waals surface area contributed by atoms with Crippen molar-refractivity contribution in [1.29, 1.82) is 0 Å². The average Bonchev–Trinajstić information content (AvgIpc) is 3.06. The number of para-hydroxylation sites is 1. The predicted molar refractivity (Wildman–Crippen MR) is 100 cm³/mol. The molecule has 122 valence electrons. The molecule has 0 aliphatic carbocycles. The molecule has 1 N–H and O–H groups in total. The maximum atomic E-state index is 12.5. The summed E-state index contributed by atoms with van der Waals surface area (Å²) in [6, 6.07) is 19.1. The summed E-state index contributed by atoms with van der Waals surface area (Å²) in [5.41, 5.74) is 2.85. The Kier molecular flexibility index (Phi) is 4.86. The van der Waals surface area contributed by atoms with E-state index in [0.717, 1.165) is 21.3 Å². The lowest BCUT2D eigenvalue weighted by atomic mass is 10.0. The number of carbonyl (C=O) groups is 1. The Balaban J connectivity index is 1.81. The monoisotopic (exact) mass is 383 g/mol. The Morgan fingerprint density at radius 1 is 1.00 bits per heavy atom. The van der Waals surface area contributed by atoms with Gasteiger partial charge in [-0.15, -0.1) is 0 Å². The lowest BCUT2D eigenvalue weighted by Crippen LogP contribution is -2.12. The van der Waals surface area contributed by atoms with Crippen LogP contribution in [-0.2, 0) is 0 Å². The normalized spacial score (nSPS) is 10.8. The molecule has 4 heteroatoms. The van der Waals surface area contributed by atoms with Crippen LogP contribution in [0.1, 0.15) is 35.9 Å². The smallest absolute Gasteiger partial charge is 0.291 e. The van der Waals surface area contributed by atoms with Crippen LogP contribution in [0.15, 0.2) is 69.6 Å². The van der Waals surface area contributed by atoms with E-state index in [4.69, 9.17) is 4.42 Å². The topological polar surface area (TPSA) is 42.2 Å². The zero-order valence-electron chi connectivity index (χ0n) is 13.5. The molecule has 0 aliphatic heterocycles. The summed E-state index contributed by atoms with van der Waals surface area (Å²) >= 11 is 3.41. The summed E-state index contributed by atoms with van der Waals surface area (Å²) < 4.78 is 6.72. The molecule has 0 unspecified atom stereocenters. The van der Waals surface area contributed by atoms with Crippen molar-refractivity contribution in [2.45, 2.75) is 19.8 Å². The summed E-state index contributed by atoms with van der Waals surface area (Å²) in [7, 11) is 0. The molecule has 1 aromatic heterocycles. The number of benzene rings is 2. The van der Waals surface area contributed by atoms with Gasteiger partial charge in [0.15, 0.2) is 5.76 Å². The number of anilines is 1. The second kappa shape index (κ2) is 7.05. The van der Waals surface area contributed by atoms with Gasteiger partial charge in [-0.3, -0.25) is 4.79 Å². The molecule has 1 amide bonds.